The third-order valence-corrected chi connectivity index (χ3v) is 3.88. The van der Waals surface area contributed by atoms with Crippen LogP contribution in [0.5, 0.6) is 0 Å². The minimum absolute atomic E-state index is 0.225. The van der Waals surface area contributed by atoms with Gasteiger partial charge in [-0.25, -0.2) is 4.79 Å². The molecule has 2 aromatic carbocycles. The average Bonchev–Trinajstić information content (AvgIpc) is 2.58. The molecular formula is C18H24N2O3. The molecule has 124 valence electrons. The SMILES string of the molecule is COC[C@@](C)(CNC(=O)NCc1cccc2ccccc12)OC. The molecule has 0 heterocycles. The summed E-state index contributed by atoms with van der Waals surface area (Å²) < 4.78 is 10.5. The number of fused-ring (bicyclic) bond motifs is 1. The molecule has 0 saturated heterocycles. The number of hydrogen-bond donors (Lipinski definition) is 2. The van der Waals surface area contributed by atoms with Crippen molar-refractivity contribution in [3.8, 4) is 0 Å². The quantitative estimate of drug-likeness (QED) is 0.825. The van der Waals surface area contributed by atoms with E-state index in [1.165, 1.54) is 5.39 Å². The summed E-state index contributed by atoms with van der Waals surface area (Å²) in [7, 11) is 3.21. The molecule has 0 aliphatic rings. The van der Waals surface area contributed by atoms with E-state index in [0.29, 0.717) is 19.7 Å². The molecular weight excluding hydrogens is 292 g/mol. The molecule has 0 unspecified atom stereocenters. The molecule has 0 radical (unpaired) electrons. The molecule has 0 fully saturated rings. The highest BCUT2D eigenvalue weighted by Crippen LogP contribution is 2.18. The maximum atomic E-state index is 12.0. The van der Waals surface area contributed by atoms with Crippen LogP contribution in [0, 0.1) is 0 Å². The van der Waals surface area contributed by atoms with Gasteiger partial charge in [0.05, 0.1) is 13.2 Å². The van der Waals surface area contributed by atoms with Crippen molar-refractivity contribution in [3.05, 3.63) is 48.0 Å². The topological polar surface area (TPSA) is 59.6 Å². The van der Waals surface area contributed by atoms with Gasteiger partial charge in [-0.2, -0.15) is 0 Å². The number of carbonyl (C=O) groups is 1. The first kappa shape index (κ1) is 17.2. The molecule has 2 aromatic rings. The molecule has 0 spiro atoms. The van der Waals surface area contributed by atoms with E-state index in [-0.39, 0.29) is 6.03 Å². The van der Waals surface area contributed by atoms with E-state index in [2.05, 4.69) is 28.8 Å². The molecule has 0 aliphatic heterocycles. The van der Waals surface area contributed by atoms with Gasteiger partial charge in [-0.15, -0.1) is 0 Å². The van der Waals surface area contributed by atoms with E-state index in [1.807, 2.05) is 31.2 Å². The molecule has 2 amide bonds. The predicted molar refractivity (Wildman–Crippen MR) is 91.5 cm³/mol. The second-order valence-electron chi connectivity index (χ2n) is 5.76. The van der Waals surface area contributed by atoms with E-state index >= 15 is 0 Å². The summed E-state index contributed by atoms with van der Waals surface area (Å²) in [6.07, 6.45) is 0. The van der Waals surface area contributed by atoms with Crippen LogP contribution in [0.25, 0.3) is 10.8 Å². The number of amides is 2. The van der Waals surface area contributed by atoms with Gasteiger partial charge in [0.25, 0.3) is 0 Å². The Balaban J connectivity index is 1.91. The van der Waals surface area contributed by atoms with Gasteiger partial charge in [0.2, 0.25) is 0 Å². The van der Waals surface area contributed by atoms with Crippen LogP contribution in [-0.2, 0) is 16.0 Å². The van der Waals surface area contributed by atoms with Crippen LogP contribution < -0.4 is 10.6 Å². The number of ether oxygens (including phenoxy) is 2. The third-order valence-electron chi connectivity index (χ3n) is 3.88. The van der Waals surface area contributed by atoms with Crippen molar-refractivity contribution < 1.29 is 14.3 Å². The fraction of sp³-hybridized carbons (Fsp3) is 0.389. The molecule has 5 heteroatoms. The summed E-state index contributed by atoms with van der Waals surface area (Å²) in [6.45, 7) is 3.15. The summed E-state index contributed by atoms with van der Waals surface area (Å²) >= 11 is 0. The minimum atomic E-state index is -0.536. The fourth-order valence-corrected chi connectivity index (χ4v) is 2.44. The van der Waals surface area contributed by atoms with Gasteiger partial charge in [-0.1, -0.05) is 42.5 Å². The van der Waals surface area contributed by atoms with Crippen LogP contribution in [0.15, 0.2) is 42.5 Å². The van der Waals surface area contributed by atoms with Crippen LogP contribution in [-0.4, -0.2) is 39.0 Å². The number of rotatable bonds is 7. The summed E-state index contributed by atoms with van der Waals surface area (Å²) in [4.78, 5) is 12.0. The molecule has 23 heavy (non-hydrogen) atoms. The zero-order valence-electron chi connectivity index (χ0n) is 13.9. The van der Waals surface area contributed by atoms with Crippen molar-refractivity contribution in [1.82, 2.24) is 10.6 Å². The first-order valence-electron chi connectivity index (χ1n) is 7.60. The Hall–Kier alpha value is -2.11. The predicted octanol–water partition coefficient (Wildman–Crippen LogP) is 2.69. The zero-order valence-corrected chi connectivity index (χ0v) is 13.9. The first-order chi connectivity index (χ1) is 11.1. The number of methoxy groups -OCH3 is 2. The number of benzene rings is 2. The molecule has 0 bridgehead atoms. The summed E-state index contributed by atoms with van der Waals surface area (Å²) in [5.74, 6) is 0. The maximum absolute atomic E-state index is 12.0. The van der Waals surface area contributed by atoms with E-state index in [4.69, 9.17) is 9.47 Å². The molecule has 0 saturated carbocycles. The van der Waals surface area contributed by atoms with Crippen molar-refractivity contribution in [2.45, 2.75) is 19.1 Å². The van der Waals surface area contributed by atoms with Gasteiger partial charge < -0.3 is 20.1 Å². The Morgan fingerprint density at radius 3 is 2.57 bits per heavy atom. The summed E-state index contributed by atoms with van der Waals surface area (Å²) in [5.41, 5.74) is 0.551. The van der Waals surface area contributed by atoms with E-state index in [1.54, 1.807) is 14.2 Å². The highest BCUT2D eigenvalue weighted by Gasteiger charge is 2.24. The Morgan fingerprint density at radius 2 is 1.83 bits per heavy atom. The van der Waals surface area contributed by atoms with E-state index in [0.717, 1.165) is 10.9 Å². The van der Waals surface area contributed by atoms with Crippen LogP contribution >= 0.6 is 0 Å². The molecule has 2 N–H and O–H groups in total. The minimum Gasteiger partial charge on any atom is -0.382 e. The Morgan fingerprint density at radius 1 is 1.09 bits per heavy atom. The molecule has 1 atom stereocenters. The Bertz CT molecular complexity index is 654. The number of carbonyl (C=O) groups excluding carboxylic acids is 1. The van der Waals surface area contributed by atoms with Crippen molar-refractivity contribution >= 4 is 16.8 Å². The van der Waals surface area contributed by atoms with Crippen LogP contribution in [0.4, 0.5) is 4.79 Å². The van der Waals surface area contributed by atoms with Gasteiger partial charge in [0.15, 0.2) is 0 Å². The lowest BCUT2D eigenvalue weighted by atomic mass is 10.0. The van der Waals surface area contributed by atoms with Crippen LogP contribution in [0.3, 0.4) is 0 Å². The second kappa shape index (κ2) is 7.94. The van der Waals surface area contributed by atoms with Gasteiger partial charge in [0.1, 0.15) is 5.60 Å². The van der Waals surface area contributed by atoms with E-state index in [9.17, 15) is 4.79 Å². The maximum Gasteiger partial charge on any atom is 0.315 e. The van der Waals surface area contributed by atoms with Crippen molar-refractivity contribution in [2.24, 2.45) is 0 Å². The number of hydrogen-bond acceptors (Lipinski definition) is 3. The molecule has 0 aliphatic carbocycles. The number of urea groups is 1. The Labute approximate surface area is 137 Å². The Kier molecular flexibility index (Phi) is 5.96. The van der Waals surface area contributed by atoms with Crippen molar-refractivity contribution in [2.75, 3.05) is 27.4 Å². The molecule has 0 aromatic heterocycles. The van der Waals surface area contributed by atoms with Gasteiger partial charge in [-0.3, -0.25) is 0 Å². The highest BCUT2D eigenvalue weighted by atomic mass is 16.5. The monoisotopic (exact) mass is 316 g/mol. The van der Waals surface area contributed by atoms with Crippen molar-refractivity contribution in [3.63, 3.8) is 0 Å². The van der Waals surface area contributed by atoms with Crippen LogP contribution in [0.1, 0.15) is 12.5 Å². The highest BCUT2D eigenvalue weighted by molar-refractivity contribution is 5.86. The van der Waals surface area contributed by atoms with Crippen molar-refractivity contribution in [1.29, 1.82) is 0 Å². The molecule has 5 nitrogen and oxygen atoms in total. The van der Waals surface area contributed by atoms with Gasteiger partial charge in [0, 0.05) is 20.8 Å². The summed E-state index contributed by atoms with van der Waals surface area (Å²) in [6, 6.07) is 14.0. The smallest absolute Gasteiger partial charge is 0.315 e. The standard InChI is InChI=1S/C18H24N2O3/c1-18(23-3,13-22-2)12-20-17(21)19-11-15-9-6-8-14-7-4-5-10-16(14)15/h4-10H,11-13H2,1-3H3,(H2,19,20,21)/t18-/m1/s1. The normalized spacial score (nSPS) is 13.5. The lowest BCUT2D eigenvalue weighted by Crippen LogP contribution is -2.48. The average molecular weight is 316 g/mol. The van der Waals surface area contributed by atoms with Gasteiger partial charge >= 0.3 is 6.03 Å². The first-order valence-corrected chi connectivity index (χ1v) is 7.60. The summed E-state index contributed by atoms with van der Waals surface area (Å²) in [5, 5.41) is 8.02. The number of nitrogens with one attached hydrogen (secondary N) is 2. The largest absolute Gasteiger partial charge is 0.382 e. The molecule has 2 rings (SSSR count). The van der Waals surface area contributed by atoms with Gasteiger partial charge in [-0.05, 0) is 23.3 Å². The lowest BCUT2D eigenvalue weighted by molar-refractivity contribution is -0.0474. The van der Waals surface area contributed by atoms with Crippen LogP contribution in [0.2, 0.25) is 0 Å². The fourth-order valence-electron chi connectivity index (χ4n) is 2.44. The lowest BCUT2D eigenvalue weighted by Gasteiger charge is -2.27. The second-order valence-corrected chi connectivity index (χ2v) is 5.76. The third kappa shape index (κ3) is 4.68. The zero-order chi connectivity index (χ0) is 16.7. The van der Waals surface area contributed by atoms with E-state index < -0.39 is 5.60 Å².